The monoisotopic (exact) mass is 505 g/mol. The van der Waals surface area contributed by atoms with Gasteiger partial charge in [-0.3, -0.25) is 0 Å². The molecule has 0 bridgehead atoms. The third-order valence-electron chi connectivity index (χ3n) is 4.24. The smallest absolute Gasteiger partial charge is 0.341 e. The predicted molar refractivity (Wildman–Crippen MR) is 121 cm³/mol. The lowest BCUT2D eigenvalue weighted by molar-refractivity contribution is 0.0597. The molecule has 1 aliphatic rings. The summed E-state index contributed by atoms with van der Waals surface area (Å²) in [5.41, 5.74) is 1.31. The van der Waals surface area contributed by atoms with Crippen molar-refractivity contribution in [1.29, 1.82) is 0 Å². The van der Waals surface area contributed by atoms with Crippen LogP contribution in [0.25, 0.3) is 0 Å². The Balaban J connectivity index is 0.00000392. The molecule has 0 saturated heterocycles. The number of halogens is 1. The number of benzene rings is 1. The van der Waals surface area contributed by atoms with Crippen LogP contribution in [0.5, 0.6) is 5.75 Å². The van der Waals surface area contributed by atoms with Gasteiger partial charge in [-0.05, 0) is 49.8 Å². The maximum Gasteiger partial charge on any atom is 0.341 e. The first kappa shape index (κ1) is 24.5. The number of nitrogens with zero attached hydrogens (tertiary/aromatic N) is 1. The van der Waals surface area contributed by atoms with E-state index in [1.807, 2.05) is 13.0 Å². The number of hydrogen-bond donors (Lipinski definition) is 2. The third kappa shape index (κ3) is 8.64. The average Bonchev–Trinajstić information content (AvgIpc) is 3.52. The lowest BCUT2D eigenvalue weighted by atomic mass is 10.1. The number of nitrogens with one attached hydrogen (secondary N) is 2. The molecule has 0 heterocycles. The number of carbonyl (C=O) groups excluding carboxylic acids is 1. The van der Waals surface area contributed by atoms with E-state index in [0.29, 0.717) is 17.9 Å². The number of aliphatic imine (C=N–C) groups is 1. The number of ether oxygens (including phenoxy) is 3. The van der Waals surface area contributed by atoms with Gasteiger partial charge in [-0.25, -0.2) is 9.79 Å². The lowest BCUT2D eigenvalue weighted by Gasteiger charge is -2.12. The highest BCUT2D eigenvalue weighted by molar-refractivity contribution is 14.0. The van der Waals surface area contributed by atoms with Gasteiger partial charge in [-0.2, -0.15) is 0 Å². The van der Waals surface area contributed by atoms with Crippen molar-refractivity contribution in [2.75, 3.05) is 40.5 Å². The zero-order chi connectivity index (χ0) is 19.5. The summed E-state index contributed by atoms with van der Waals surface area (Å²) in [4.78, 5) is 16.5. The first-order valence-corrected chi connectivity index (χ1v) is 9.53. The van der Waals surface area contributed by atoms with Crippen molar-refractivity contribution in [3.05, 3.63) is 29.3 Å². The van der Waals surface area contributed by atoms with Crippen molar-refractivity contribution in [3.63, 3.8) is 0 Å². The van der Waals surface area contributed by atoms with Gasteiger partial charge in [0.25, 0.3) is 0 Å². The van der Waals surface area contributed by atoms with Crippen molar-refractivity contribution < 1.29 is 19.0 Å². The van der Waals surface area contributed by atoms with Crippen molar-refractivity contribution in [3.8, 4) is 5.75 Å². The Labute approximate surface area is 184 Å². The minimum Gasteiger partial charge on any atom is -0.496 e. The number of carbonyl (C=O) groups is 1. The Hall–Kier alpha value is -1.55. The fourth-order valence-electron chi connectivity index (χ4n) is 2.55. The lowest BCUT2D eigenvalue weighted by Crippen LogP contribution is -2.38. The third-order valence-corrected chi connectivity index (χ3v) is 4.24. The van der Waals surface area contributed by atoms with Crippen LogP contribution in [0.4, 0.5) is 0 Å². The highest BCUT2D eigenvalue weighted by Gasteiger charge is 2.20. The first-order chi connectivity index (χ1) is 13.2. The molecule has 2 N–H and O–H groups in total. The van der Waals surface area contributed by atoms with Crippen molar-refractivity contribution in [1.82, 2.24) is 10.6 Å². The maximum atomic E-state index is 11.9. The van der Waals surface area contributed by atoms with Crippen LogP contribution in [0.1, 0.15) is 42.1 Å². The van der Waals surface area contributed by atoms with Gasteiger partial charge >= 0.3 is 5.97 Å². The topological polar surface area (TPSA) is 81.2 Å². The molecule has 0 amide bonds. The zero-order valence-electron chi connectivity index (χ0n) is 17.0. The van der Waals surface area contributed by atoms with E-state index in [2.05, 4.69) is 15.6 Å². The average molecular weight is 505 g/mol. The molecule has 8 heteroatoms. The van der Waals surface area contributed by atoms with Crippen LogP contribution in [-0.2, 0) is 16.0 Å². The molecule has 0 unspecified atom stereocenters. The number of esters is 1. The van der Waals surface area contributed by atoms with E-state index in [-0.39, 0.29) is 24.0 Å². The fraction of sp³-hybridized carbons (Fsp3) is 0.600. The van der Waals surface area contributed by atoms with Crippen molar-refractivity contribution >= 4 is 35.9 Å². The molecule has 0 aliphatic heterocycles. The highest BCUT2D eigenvalue weighted by Crippen LogP contribution is 2.28. The molecule has 1 fully saturated rings. The molecule has 28 heavy (non-hydrogen) atoms. The molecule has 7 nitrogen and oxygen atoms in total. The summed E-state index contributed by atoms with van der Waals surface area (Å²) in [6.45, 7) is 5.71. The summed E-state index contributed by atoms with van der Waals surface area (Å²) < 4.78 is 15.7. The van der Waals surface area contributed by atoms with Crippen LogP contribution in [-0.4, -0.2) is 52.5 Å². The molecule has 1 saturated carbocycles. The van der Waals surface area contributed by atoms with Gasteiger partial charge in [0.05, 0.1) is 20.8 Å². The molecule has 0 radical (unpaired) electrons. The van der Waals surface area contributed by atoms with E-state index in [4.69, 9.17) is 14.2 Å². The Morgan fingerprint density at radius 3 is 2.68 bits per heavy atom. The van der Waals surface area contributed by atoms with Gasteiger partial charge in [0, 0.05) is 26.3 Å². The number of guanidine groups is 1. The molecular formula is C20H32IN3O4. The van der Waals surface area contributed by atoms with Crippen LogP contribution in [0.2, 0.25) is 0 Å². The van der Waals surface area contributed by atoms with Crippen molar-refractivity contribution in [2.24, 2.45) is 10.9 Å². The second-order valence-electron chi connectivity index (χ2n) is 6.52. The van der Waals surface area contributed by atoms with Gasteiger partial charge in [0.2, 0.25) is 0 Å². The van der Waals surface area contributed by atoms with Gasteiger partial charge in [0.15, 0.2) is 5.96 Å². The van der Waals surface area contributed by atoms with E-state index >= 15 is 0 Å². The fourth-order valence-corrected chi connectivity index (χ4v) is 2.55. The molecule has 1 aliphatic carbocycles. The molecule has 2 rings (SSSR count). The van der Waals surface area contributed by atoms with Gasteiger partial charge in [0.1, 0.15) is 11.3 Å². The molecule has 0 spiro atoms. The Bertz CT molecular complexity index is 636. The van der Waals surface area contributed by atoms with Gasteiger partial charge < -0.3 is 24.8 Å². The highest BCUT2D eigenvalue weighted by atomic mass is 127. The molecular weight excluding hydrogens is 473 g/mol. The Morgan fingerprint density at radius 1 is 1.25 bits per heavy atom. The van der Waals surface area contributed by atoms with Crippen molar-refractivity contribution in [2.45, 2.75) is 32.7 Å². The minimum atomic E-state index is -0.422. The molecule has 1 aromatic carbocycles. The SMILES string of the molecule is CCNC(=NCc1ccc(OC)c(C(=O)OC)c1)NCCCOCC1CC1.I. The zero-order valence-corrected chi connectivity index (χ0v) is 19.3. The normalized spacial score (nSPS) is 13.5. The summed E-state index contributed by atoms with van der Waals surface area (Å²) >= 11 is 0. The first-order valence-electron chi connectivity index (χ1n) is 9.53. The van der Waals surface area contributed by atoms with E-state index in [1.165, 1.54) is 27.1 Å². The molecule has 0 atom stereocenters. The Morgan fingerprint density at radius 2 is 2.04 bits per heavy atom. The van der Waals surface area contributed by atoms with Gasteiger partial charge in [-0.15, -0.1) is 24.0 Å². The second kappa shape index (κ2) is 13.6. The summed E-state index contributed by atoms with van der Waals surface area (Å²) in [6, 6.07) is 5.40. The van der Waals surface area contributed by atoms with E-state index in [9.17, 15) is 4.79 Å². The number of methoxy groups -OCH3 is 2. The van der Waals surface area contributed by atoms with Crippen LogP contribution in [0.15, 0.2) is 23.2 Å². The summed E-state index contributed by atoms with van der Waals surface area (Å²) in [5.74, 6) is 1.62. The minimum absolute atomic E-state index is 0. The Kier molecular flexibility index (Phi) is 11.9. The summed E-state index contributed by atoms with van der Waals surface area (Å²) in [5, 5.41) is 6.53. The van der Waals surface area contributed by atoms with Gasteiger partial charge in [-0.1, -0.05) is 6.07 Å². The van der Waals surface area contributed by atoms with Crippen LogP contribution < -0.4 is 15.4 Å². The largest absolute Gasteiger partial charge is 0.496 e. The quantitative estimate of drug-likeness (QED) is 0.158. The van der Waals surface area contributed by atoms with Crippen LogP contribution >= 0.6 is 24.0 Å². The molecule has 1 aromatic rings. The number of hydrogen-bond acceptors (Lipinski definition) is 5. The maximum absolute atomic E-state index is 11.9. The van der Waals surface area contributed by atoms with E-state index in [1.54, 1.807) is 12.1 Å². The molecule has 158 valence electrons. The van der Waals surface area contributed by atoms with E-state index in [0.717, 1.165) is 50.2 Å². The van der Waals surface area contributed by atoms with Crippen LogP contribution in [0.3, 0.4) is 0 Å². The summed E-state index contributed by atoms with van der Waals surface area (Å²) in [7, 11) is 2.88. The standard InChI is InChI=1S/C20H31N3O4.HI/c1-4-21-20(22-10-5-11-27-14-15-6-7-15)23-13-16-8-9-18(25-2)17(12-16)19(24)26-3;/h8-9,12,15H,4-7,10-11,13-14H2,1-3H3,(H2,21,22,23);1H. The predicted octanol–water partition coefficient (Wildman–Crippen LogP) is 2.97. The van der Waals surface area contributed by atoms with E-state index < -0.39 is 5.97 Å². The second-order valence-corrected chi connectivity index (χ2v) is 6.52. The molecule has 0 aromatic heterocycles. The van der Waals surface area contributed by atoms with Crippen LogP contribution in [0, 0.1) is 5.92 Å². The summed E-state index contributed by atoms with van der Waals surface area (Å²) in [6.07, 6.45) is 3.57. The number of rotatable bonds is 11.